The van der Waals surface area contributed by atoms with Gasteiger partial charge in [0, 0.05) is 23.5 Å². The van der Waals surface area contributed by atoms with Gasteiger partial charge in [-0.1, -0.05) is 18.2 Å². The van der Waals surface area contributed by atoms with E-state index in [4.69, 9.17) is 5.11 Å². The van der Waals surface area contributed by atoms with Gasteiger partial charge in [0.1, 0.15) is 0 Å². The van der Waals surface area contributed by atoms with Gasteiger partial charge >= 0.3 is 5.97 Å². The highest BCUT2D eigenvalue weighted by atomic mass is 16.4. The van der Waals surface area contributed by atoms with Crippen LogP contribution in [-0.2, 0) is 4.79 Å². The molecule has 0 aliphatic carbocycles. The minimum atomic E-state index is -0.810. The molecule has 0 fully saturated rings. The van der Waals surface area contributed by atoms with Gasteiger partial charge in [0.05, 0.1) is 6.42 Å². The summed E-state index contributed by atoms with van der Waals surface area (Å²) in [5.41, 5.74) is 1.98. The van der Waals surface area contributed by atoms with Crippen LogP contribution in [0.1, 0.15) is 12.0 Å². The van der Waals surface area contributed by atoms with Gasteiger partial charge in [0.25, 0.3) is 0 Å². The number of hydrogen-bond acceptors (Lipinski definition) is 1. The fraction of sp³-hybridized carbons (Fsp3) is 0.0909. The van der Waals surface area contributed by atoms with E-state index in [9.17, 15) is 4.79 Å². The van der Waals surface area contributed by atoms with Crippen molar-refractivity contribution in [1.82, 2.24) is 4.98 Å². The van der Waals surface area contributed by atoms with Crippen molar-refractivity contribution >= 4 is 16.9 Å². The number of carboxylic acids is 1. The van der Waals surface area contributed by atoms with Gasteiger partial charge in [0.15, 0.2) is 0 Å². The molecule has 0 spiro atoms. The van der Waals surface area contributed by atoms with E-state index < -0.39 is 5.97 Å². The molecule has 0 aliphatic rings. The smallest absolute Gasteiger partial charge is 0.303 e. The lowest BCUT2D eigenvalue weighted by Gasteiger charge is -1.94. The summed E-state index contributed by atoms with van der Waals surface area (Å²) in [6.45, 7) is 0. The highest BCUT2D eigenvalue weighted by Crippen LogP contribution is 2.19. The Labute approximate surface area is 81.4 Å². The first kappa shape index (κ1) is 8.81. The number of aliphatic carboxylic acids is 1. The van der Waals surface area contributed by atoms with Gasteiger partial charge in [-0.05, 0) is 11.6 Å². The SMILES string of the molecule is O=C(O)C[CH]c1c[nH]c2ccccc12. The van der Waals surface area contributed by atoms with Crippen LogP contribution in [0.4, 0.5) is 0 Å². The second-order valence-electron chi connectivity index (χ2n) is 3.09. The Morgan fingerprint density at radius 2 is 2.21 bits per heavy atom. The number of rotatable bonds is 3. The minimum Gasteiger partial charge on any atom is -0.481 e. The van der Waals surface area contributed by atoms with E-state index in [0.717, 1.165) is 16.5 Å². The van der Waals surface area contributed by atoms with Gasteiger partial charge in [-0.25, -0.2) is 0 Å². The van der Waals surface area contributed by atoms with Gasteiger partial charge in [-0.2, -0.15) is 0 Å². The van der Waals surface area contributed by atoms with Crippen LogP contribution in [0.3, 0.4) is 0 Å². The van der Waals surface area contributed by atoms with E-state index in [1.54, 1.807) is 6.42 Å². The maximum Gasteiger partial charge on any atom is 0.303 e. The predicted molar refractivity (Wildman–Crippen MR) is 54.0 cm³/mol. The first-order valence-corrected chi connectivity index (χ1v) is 4.38. The van der Waals surface area contributed by atoms with Crippen molar-refractivity contribution in [2.45, 2.75) is 6.42 Å². The number of aromatic nitrogens is 1. The second kappa shape index (κ2) is 3.54. The summed E-state index contributed by atoms with van der Waals surface area (Å²) in [5.74, 6) is -0.810. The normalized spacial score (nSPS) is 10.6. The fourth-order valence-electron chi connectivity index (χ4n) is 1.46. The van der Waals surface area contributed by atoms with E-state index in [-0.39, 0.29) is 6.42 Å². The van der Waals surface area contributed by atoms with Crippen LogP contribution in [0.15, 0.2) is 30.5 Å². The number of benzene rings is 1. The Morgan fingerprint density at radius 3 is 3.00 bits per heavy atom. The first-order valence-electron chi connectivity index (χ1n) is 4.38. The summed E-state index contributed by atoms with van der Waals surface area (Å²) in [5, 5.41) is 9.61. The van der Waals surface area contributed by atoms with Crippen LogP contribution in [0, 0.1) is 6.42 Å². The first-order chi connectivity index (χ1) is 6.77. The summed E-state index contributed by atoms with van der Waals surface area (Å²) in [7, 11) is 0. The summed E-state index contributed by atoms with van der Waals surface area (Å²) in [6.07, 6.45) is 3.59. The van der Waals surface area contributed by atoms with Crippen molar-refractivity contribution in [3.05, 3.63) is 42.4 Å². The van der Waals surface area contributed by atoms with Crippen molar-refractivity contribution in [2.75, 3.05) is 0 Å². The van der Waals surface area contributed by atoms with E-state index in [2.05, 4.69) is 4.98 Å². The number of nitrogens with one attached hydrogen (secondary N) is 1. The Hall–Kier alpha value is -1.77. The van der Waals surface area contributed by atoms with Crippen LogP contribution in [-0.4, -0.2) is 16.1 Å². The third-order valence-corrected chi connectivity index (χ3v) is 2.12. The second-order valence-corrected chi connectivity index (χ2v) is 3.09. The average Bonchev–Trinajstić information content (AvgIpc) is 2.58. The molecule has 1 radical (unpaired) electrons. The zero-order valence-corrected chi connectivity index (χ0v) is 7.53. The summed E-state index contributed by atoms with van der Waals surface area (Å²) >= 11 is 0. The molecule has 14 heavy (non-hydrogen) atoms. The van der Waals surface area contributed by atoms with Crippen LogP contribution in [0.2, 0.25) is 0 Å². The molecule has 0 saturated carbocycles. The van der Waals surface area contributed by atoms with Crippen LogP contribution in [0.5, 0.6) is 0 Å². The standard InChI is InChI=1S/C11H10NO2/c13-11(14)6-5-8-7-12-10-4-2-1-3-9(8)10/h1-5,7,12H,6H2,(H,13,14). The number of carbonyl (C=O) groups is 1. The molecule has 2 rings (SSSR count). The molecule has 0 aliphatic heterocycles. The van der Waals surface area contributed by atoms with E-state index >= 15 is 0 Å². The zero-order valence-electron chi connectivity index (χ0n) is 7.53. The summed E-state index contributed by atoms with van der Waals surface area (Å²) in [4.78, 5) is 13.5. The van der Waals surface area contributed by atoms with Crippen molar-refractivity contribution in [3.8, 4) is 0 Å². The van der Waals surface area contributed by atoms with Crippen LogP contribution in [0.25, 0.3) is 10.9 Å². The van der Waals surface area contributed by atoms with Crippen molar-refractivity contribution < 1.29 is 9.90 Å². The molecular weight excluding hydrogens is 178 g/mol. The zero-order chi connectivity index (χ0) is 9.97. The molecule has 0 amide bonds. The Kier molecular flexibility index (Phi) is 2.23. The highest BCUT2D eigenvalue weighted by Gasteiger charge is 2.04. The largest absolute Gasteiger partial charge is 0.481 e. The van der Waals surface area contributed by atoms with Gasteiger partial charge in [0.2, 0.25) is 0 Å². The fourth-order valence-corrected chi connectivity index (χ4v) is 1.46. The van der Waals surface area contributed by atoms with Crippen LogP contribution < -0.4 is 0 Å². The molecule has 0 unspecified atom stereocenters. The Balaban J connectivity index is 2.29. The minimum absolute atomic E-state index is 0.0574. The molecule has 0 atom stereocenters. The molecule has 2 aromatic rings. The molecule has 1 aromatic heterocycles. The third-order valence-electron chi connectivity index (χ3n) is 2.12. The van der Waals surface area contributed by atoms with E-state index in [1.807, 2.05) is 30.5 Å². The average molecular weight is 188 g/mol. The molecule has 0 bridgehead atoms. The molecule has 3 heteroatoms. The summed E-state index contributed by atoms with van der Waals surface area (Å²) in [6, 6.07) is 7.82. The number of aromatic amines is 1. The van der Waals surface area contributed by atoms with Gasteiger partial charge in [-0.15, -0.1) is 0 Å². The predicted octanol–water partition coefficient (Wildman–Crippen LogP) is 2.19. The molecule has 3 nitrogen and oxygen atoms in total. The molecule has 1 aromatic carbocycles. The third kappa shape index (κ3) is 1.62. The Morgan fingerprint density at radius 1 is 1.43 bits per heavy atom. The van der Waals surface area contributed by atoms with E-state index in [1.165, 1.54) is 0 Å². The maximum atomic E-state index is 10.4. The number of carboxylic acid groups (broad SMARTS) is 1. The van der Waals surface area contributed by atoms with Crippen molar-refractivity contribution in [3.63, 3.8) is 0 Å². The number of fused-ring (bicyclic) bond motifs is 1. The Bertz CT molecular complexity index is 459. The number of hydrogen-bond donors (Lipinski definition) is 2. The number of para-hydroxylation sites is 1. The van der Waals surface area contributed by atoms with Gasteiger partial charge in [-0.3, -0.25) is 4.79 Å². The molecule has 0 saturated heterocycles. The quantitative estimate of drug-likeness (QED) is 0.775. The molecule has 71 valence electrons. The lowest BCUT2D eigenvalue weighted by Crippen LogP contribution is -1.94. The lowest BCUT2D eigenvalue weighted by molar-refractivity contribution is -0.136. The summed E-state index contributed by atoms with van der Waals surface area (Å²) < 4.78 is 0. The lowest BCUT2D eigenvalue weighted by atomic mass is 10.1. The van der Waals surface area contributed by atoms with Crippen molar-refractivity contribution in [2.24, 2.45) is 0 Å². The maximum absolute atomic E-state index is 10.4. The van der Waals surface area contributed by atoms with Gasteiger partial charge < -0.3 is 10.1 Å². The number of H-pyrrole nitrogens is 1. The van der Waals surface area contributed by atoms with E-state index in [0.29, 0.717) is 0 Å². The molecule has 1 heterocycles. The molecular formula is C11H10NO2. The molecule has 2 N–H and O–H groups in total. The highest BCUT2D eigenvalue weighted by molar-refractivity contribution is 5.85. The topological polar surface area (TPSA) is 53.1 Å². The van der Waals surface area contributed by atoms with Crippen molar-refractivity contribution in [1.29, 1.82) is 0 Å². The van der Waals surface area contributed by atoms with Crippen LogP contribution >= 0.6 is 0 Å². The monoisotopic (exact) mass is 188 g/mol.